The average Bonchev–Trinajstić information content (AvgIpc) is 3.00. The summed E-state index contributed by atoms with van der Waals surface area (Å²) in [5.74, 6) is 6.57. The molecule has 4 aromatic rings. The number of fused-ring (bicyclic) bond motifs is 2. The predicted molar refractivity (Wildman–Crippen MR) is 175 cm³/mol. The summed E-state index contributed by atoms with van der Waals surface area (Å²) in [6.07, 6.45) is 13.9. The number of hydrogen-bond donors (Lipinski definition) is 0. The summed E-state index contributed by atoms with van der Waals surface area (Å²) in [5, 5.41) is 5.21. The van der Waals surface area contributed by atoms with Crippen molar-refractivity contribution in [3.8, 4) is 11.1 Å². The molecule has 12 rings (SSSR count). The number of rotatable bonds is 3. The van der Waals surface area contributed by atoms with E-state index in [0.717, 1.165) is 23.7 Å². The Balaban J connectivity index is 1.22. The molecule has 0 aromatic heterocycles. The first-order valence-corrected chi connectivity index (χ1v) is 16.9. The van der Waals surface area contributed by atoms with E-state index < -0.39 is 0 Å². The van der Waals surface area contributed by atoms with Gasteiger partial charge < -0.3 is 0 Å². The fourth-order valence-corrected chi connectivity index (χ4v) is 11.2. The Morgan fingerprint density at radius 1 is 0.381 bits per heavy atom. The molecule has 42 heavy (non-hydrogen) atoms. The van der Waals surface area contributed by atoms with Crippen molar-refractivity contribution in [1.82, 2.24) is 0 Å². The smallest absolute Gasteiger partial charge is 0.0715 e. The van der Waals surface area contributed by atoms with Crippen molar-refractivity contribution in [1.29, 1.82) is 0 Å². The molecule has 0 saturated heterocycles. The number of benzene rings is 4. The maximum atomic E-state index is 5.72. The van der Waals surface area contributed by atoms with E-state index >= 15 is 0 Å². The van der Waals surface area contributed by atoms with Gasteiger partial charge in [-0.1, -0.05) is 60.7 Å². The molecular weight excluding hydrogens is 508 g/mol. The minimum atomic E-state index is 0.695. The van der Waals surface area contributed by atoms with Gasteiger partial charge in [-0.3, -0.25) is 9.98 Å². The molecule has 0 radical (unpaired) electrons. The van der Waals surface area contributed by atoms with E-state index in [1.54, 1.807) is 0 Å². The molecule has 2 nitrogen and oxygen atoms in total. The van der Waals surface area contributed by atoms with Crippen molar-refractivity contribution in [2.75, 3.05) is 0 Å². The van der Waals surface area contributed by atoms with Gasteiger partial charge in [0, 0.05) is 22.6 Å². The summed E-state index contributed by atoms with van der Waals surface area (Å²) in [7, 11) is 0. The van der Waals surface area contributed by atoms with Crippen molar-refractivity contribution >= 4 is 44.3 Å². The molecule has 2 heteroatoms. The highest BCUT2D eigenvalue weighted by Crippen LogP contribution is 2.55. The van der Waals surface area contributed by atoms with Crippen LogP contribution >= 0.6 is 0 Å². The Kier molecular flexibility index (Phi) is 5.26. The molecule has 4 aromatic carbocycles. The molecule has 8 fully saturated rings. The molecule has 0 unspecified atom stereocenters. The van der Waals surface area contributed by atoms with Crippen molar-refractivity contribution < 1.29 is 0 Å². The van der Waals surface area contributed by atoms with Crippen molar-refractivity contribution in [2.24, 2.45) is 57.3 Å². The Labute approximate surface area is 249 Å². The van der Waals surface area contributed by atoms with E-state index in [1.807, 2.05) is 0 Å². The van der Waals surface area contributed by atoms with Gasteiger partial charge in [0.1, 0.15) is 0 Å². The van der Waals surface area contributed by atoms with Gasteiger partial charge in [-0.25, -0.2) is 0 Å². The van der Waals surface area contributed by atoms with Crippen molar-refractivity contribution in [3.05, 3.63) is 72.8 Å². The third-order valence-electron chi connectivity index (χ3n) is 12.5. The SMILES string of the molecule is c1ccc2c(-c3c(N=C4C5CC6CC(C5)CC4C6)ccc4ccccc34)c(N=C3C4CC5CC(C4)CC3C5)ccc2c1. The van der Waals surface area contributed by atoms with E-state index in [2.05, 4.69) is 72.8 Å². The lowest BCUT2D eigenvalue weighted by molar-refractivity contribution is 0.108. The van der Waals surface area contributed by atoms with Gasteiger partial charge in [-0.05, 0) is 145 Å². The molecular formula is C40H40N2. The summed E-state index contributed by atoms with van der Waals surface area (Å²) in [4.78, 5) is 11.4. The zero-order valence-electron chi connectivity index (χ0n) is 24.5. The van der Waals surface area contributed by atoms with Crippen LogP contribution in [-0.4, -0.2) is 11.4 Å². The van der Waals surface area contributed by atoms with Crippen LogP contribution in [0.25, 0.3) is 32.7 Å². The maximum Gasteiger partial charge on any atom is 0.0715 e. The largest absolute Gasteiger partial charge is 0.257 e. The second-order valence-electron chi connectivity index (χ2n) is 15.0. The maximum absolute atomic E-state index is 5.72. The minimum absolute atomic E-state index is 0.695. The van der Waals surface area contributed by atoms with Gasteiger partial charge in [0.2, 0.25) is 0 Å². The van der Waals surface area contributed by atoms with Crippen molar-refractivity contribution in [3.63, 3.8) is 0 Å². The second kappa shape index (κ2) is 9.12. The normalized spacial score (nSPS) is 34.1. The van der Waals surface area contributed by atoms with E-state index in [4.69, 9.17) is 9.98 Å². The fourth-order valence-electron chi connectivity index (χ4n) is 11.2. The molecule has 0 spiro atoms. The van der Waals surface area contributed by atoms with Crippen LogP contribution in [-0.2, 0) is 0 Å². The molecule has 8 saturated carbocycles. The van der Waals surface area contributed by atoms with E-state index in [1.165, 1.54) is 120 Å². The van der Waals surface area contributed by atoms with Crippen LogP contribution < -0.4 is 0 Å². The van der Waals surface area contributed by atoms with Gasteiger partial charge in [0.25, 0.3) is 0 Å². The topological polar surface area (TPSA) is 24.7 Å². The lowest BCUT2D eigenvalue weighted by Crippen LogP contribution is -2.45. The molecule has 0 N–H and O–H groups in total. The standard InChI is InChI=1S/C40H40N2/c1-3-7-33-27(5-1)9-11-35(41-39-29-15-23-13-24(17-29)18-30(39)16-23)37(33)38-34-8-4-2-6-28(34)10-12-36(38)42-40-31-19-25-14-26(21-31)22-32(40)20-25/h1-12,23-26,29-32H,13-22H2. The summed E-state index contributed by atoms with van der Waals surface area (Å²) >= 11 is 0. The second-order valence-corrected chi connectivity index (χ2v) is 15.0. The highest BCUT2D eigenvalue weighted by Gasteiger charge is 2.47. The van der Waals surface area contributed by atoms with Gasteiger partial charge in [-0.2, -0.15) is 0 Å². The van der Waals surface area contributed by atoms with Crippen LogP contribution in [0.5, 0.6) is 0 Å². The van der Waals surface area contributed by atoms with E-state index in [9.17, 15) is 0 Å². The molecule has 0 heterocycles. The summed E-state index contributed by atoms with van der Waals surface area (Å²) in [5.41, 5.74) is 7.97. The lowest BCUT2D eigenvalue weighted by atomic mass is 9.55. The summed E-state index contributed by atoms with van der Waals surface area (Å²) in [6.45, 7) is 0. The molecule has 8 bridgehead atoms. The average molecular weight is 549 g/mol. The highest BCUT2D eigenvalue weighted by atomic mass is 14.8. The summed E-state index contributed by atoms with van der Waals surface area (Å²) < 4.78 is 0. The number of nitrogens with zero attached hydrogens (tertiary/aromatic N) is 2. The fraction of sp³-hybridized carbons (Fsp3) is 0.450. The Morgan fingerprint density at radius 3 is 1.12 bits per heavy atom. The molecule has 0 aliphatic heterocycles. The zero-order chi connectivity index (χ0) is 27.4. The Morgan fingerprint density at radius 2 is 0.738 bits per heavy atom. The Hall–Kier alpha value is -3.26. The zero-order valence-corrected chi connectivity index (χ0v) is 24.5. The third-order valence-corrected chi connectivity index (χ3v) is 12.5. The highest BCUT2D eigenvalue weighted by molar-refractivity contribution is 6.14. The van der Waals surface area contributed by atoms with Crippen LogP contribution in [0.1, 0.15) is 64.2 Å². The van der Waals surface area contributed by atoms with Gasteiger partial charge in [0.15, 0.2) is 0 Å². The van der Waals surface area contributed by atoms with Crippen molar-refractivity contribution in [2.45, 2.75) is 64.2 Å². The lowest BCUT2D eigenvalue weighted by Gasteiger charge is -2.50. The first-order valence-electron chi connectivity index (χ1n) is 16.9. The Bertz CT molecular complexity index is 1610. The van der Waals surface area contributed by atoms with E-state index in [0.29, 0.717) is 23.7 Å². The minimum Gasteiger partial charge on any atom is -0.257 e. The summed E-state index contributed by atoms with van der Waals surface area (Å²) in [6, 6.07) is 27.2. The van der Waals surface area contributed by atoms with Crippen LogP contribution in [0.4, 0.5) is 11.4 Å². The van der Waals surface area contributed by atoms with Gasteiger partial charge in [0.05, 0.1) is 11.4 Å². The van der Waals surface area contributed by atoms with Crippen LogP contribution in [0.15, 0.2) is 82.8 Å². The molecule has 0 atom stereocenters. The molecule has 8 aliphatic rings. The molecule has 8 aliphatic carbocycles. The number of hydrogen-bond acceptors (Lipinski definition) is 2. The van der Waals surface area contributed by atoms with Gasteiger partial charge >= 0.3 is 0 Å². The first kappa shape index (κ1) is 24.2. The first-order chi connectivity index (χ1) is 20.7. The van der Waals surface area contributed by atoms with Gasteiger partial charge in [-0.15, -0.1) is 0 Å². The van der Waals surface area contributed by atoms with E-state index in [-0.39, 0.29) is 0 Å². The number of aliphatic imine (C=N–C) groups is 2. The quantitative estimate of drug-likeness (QED) is 0.243. The van der Waals surface area contributed by atoms with Crippen LogP contribution in [0.2, 0.25) is 0 Å². The monoisotopic (exact) mass is 548 g/mol. The molecule has 210 valence electrons. The predicted octanol–water partition coefficient (Wildman–Crippen LogP) is 10.7. The van der Waals surface area contributed by atoms with Crippen LogP contribution in [0, 0.1) is 47.3 Å². The van der Waals surface area contributed by atoms with Crippen LogP contribution in [0.3, 0.4) is 0 Å². The molecule has 0 amide bonds. The third kappa shape index (κ3) is 3.69.